The van der Waals surface area contributed by atoms with Crippen LogP contribution in [-0.2, 0) is 4.79 Å². The lowest BCUT2D eigenvalue weighted by molar-refractivity contribution is -0.383. The third kappa shape index (κ3) is 4.32. The number of carbonyl (C=O) groups excluding carboxylic acids is 1. The summed E-state index contributed by atoms with van der Waals surface area (Å²) >= 11 is 1.21. The number of hydrogen-bond acceptors (Lipinski definition) is 6. The Morgan fingerprint density at radius 2 is 2.04 bits per heavy atom. The Labute approximate surface area is 159 Å². The summed E-state index contributed by atoms with van der Waals surface area (Å²) in [7, 11) is 0. The summed E-state index contributed by atoms with van der Waals surface area (Å²) in [5.74, 6) is -0.306. The van der Waals surface area contributed by atoms with E-state index in [-0.39, 0.29) is 23.0 Å². The van der Waals surface area contributed by atoms with Crippen molar-refractivity contribution in [3.05, 3.63) is 70.0 Å². The van der Waals surface area contributed by atoms with Gasteiger partial charge in [-0.05, 0) is 31.5 Å². The van der Waals surface area contributed by atoms with Gasteiger partial charge in [-0.1, -0.05) is 41.6 Å². The highest BCUT2D eigenvalue weighted by Crippen LogP contribution is 2.25. The largest absolute Gasteiger partial charge is 0.320 e. The normalized spacial score (nSPS) is 10.6. The van der Waals surface area contributed by atoms with Crippen molar-refractivity contribution in [2.45, 2.75) is 19.0 Å². The highest BCUT2D eigenvalue weighted by Gasteiger charge is 2.16. The third-order valence-corrected chi connectivity index (χ3v) is 4.78. The first kappa shape index (κ1) is 18.6. The van der Waals surface area contributed by atoms with E-state index in [2.05, 4.69) is 21.6 Å². The zero-order valence-electron chi connectivity index (χ0n) is 14.7. The zero-order chi connectivity index (χ0) is 19.4. The monoisotopic (exact) mass is 383 g/mol. The number of carbonyl (C=O) groups is 1. The van der Waals surface area contributed by atoms with Crippen molar-refractivity contribution < 1.29 is 9.72 Å². The smallest absolute Gasteiger partial charge is 0.292 e. The van der Waals surface area contributed by atoms with Gasteiger partial charge in [0, 0.05) is 6.07 Å². The second-order valence-corrected chi connectivity index (χ2v) is 6.83. The third-order valence-electron chi connectivity index (χ3n) is 3.84. The van der Waals surface area contributed by atoms with Gasteiger partial charge in [0.05, 0.1) is 16.4 Å². The molecule has 1 N–H and O–H groups in total. The Hall–Kier alpha value is -3.20. The molecule has 3 rings (SSSR count). The number of aryl methyl sites for hydroxylation is 2. The molecule has 0 aliphatic carbocycles. The lowest BCUT2D eigenvalue weighted by Gasteiger charge is -2.10. The Kier molecular flexibility index (Phi) is 5.51. The molecule has 2 aromatic carbocycles. The van der Waals surface area contributed by atoms with E-state index in [1.807, 2.05) is 30.5 Å². The van der Waals surface area contributed by atoms with Gasteiger partial charge in [-0.15, -0.1) is 10.2 Å². The number of para-hydroxylation sites is 2. The zero-order valence-corrected chi connectivity index (χ0v) is 15.6. The van der Waals surface area contributed by atoms with Gasteiger partial charge in [0.1, 0.15) is 12.0 Å². The molecule has 0 saturated heterocycles. The van der Waals surface area contributed by atoms with Gasteiger partial charge in [-0.2, -0.15) is 0 Å². The number of nitro benzene ring substituents is 1. The van der Waals surface area contributed by atoms with Crippen LogP contribution in [0.3, 0.4) is 0 Å². The first-order chi connectivity index (χ1) is 13.0. The van der Waals surface area contributed by atoms with Gasteiger partial charge in [-0.3, -0.25) is 19.5 Å². The Morgan fingerprint density at radius 1 is 1.26 bits per heavy atom. The van der Waals surface area contributed by atoms with Gasteiger partial charge in [0.15, 0.2) is 5.16 Å². The van der Waals surface area contributed by atoms with Gasteiger partial charge < -0.3 is 5.32 Å². The molecule has 0 fully saturated rings. The van der Waals surface area contributed by atoms with Crippen molar-refractivity contribution in [3.8, 4) is 5.69 Å². The number of nitro groups is 1. The van der Waals surface area contributed by atoms with Crippen LogP contribution in [0.4, 0.5) is 11.4 Å². The lowest BCUT2D eigenvalue weighted by atomic mass is 10.1. The van der Waals surface area contributed by atoms with Gasteiger partial charge >= 0.3 is 0 Å². The van der Waals surface area contributed by atoms with Crippen molar-refractivity contribution in [3.63, 3.8) is 0 Å². The van der Waals surface area contributed by atoms with E-state index in [0.29, 0.717) is 5.16 Å². The summed E-state index contributed by atoms with van der Waals surface area (Å²) < 4.78 is 1.82. The van der Waals surface area contributed by atoms with E-state index in [1.54, 1.807) is 18.5 Å². The second kappa shape index (κ2) is 8.00. The number of anilines is 1. The molecule has 0 saturated carbocycles. The second-order valence-electron chi connectivity index (χ2n) is 5.88. The van der Waals surface area contributed by atoms with Crippen LogP contribution >= 0.6 is 11.8 Å². The van der Waals surface area contributed by atoms with E-state index in [4.69, 9.17) is 0 Å². The molecule has 0 radical (unpaired) electrons. The minimum atomic E-state index is -0.528. The fourth-order valence-corrected chi connectivity index (χ4v) is 3.34. The highest BCUT2D eigenvalue weighted by molar-refractivity contribution is 7.99. The molecule has 138 valence electrons. The molecular formula is C18H17N5O3S. The number of hydrogen-bond donors (Lipinski definition) is 1. The van der Waals surface area contributed by atoms with Crippen molar-refractivity contribution >= 4 is 29.0 Å². The summed E-state index contributed by atoms with van der Waals surface area (Å²) in [5.41, 5.74) is 3.19. The maximum absolute atomic E-state index is 12.2. The molecule has 0 aliphatic rings. The number of nitrogens with zero attached hydrogens (tertiary/aromatic N) is 4. The molecule has 1 heterocycles. The van der Waals surface area contributed by atoms with Crippen LogP contribution in [0, 0.1) is 24.0 Å². The minimum absolute atomic E-state index is 0.0512. The van der Waals surface area contributed by atoms with E-state index < -0.39 is 4.92 Å². The molecule has 1 amide bonds. The molecule has 1 aromatic heterocycles. The summed E-state index contributed by atoms with van der Waals surface area (Å²) in [6.07, 6.45) is 1.60. The van der Waals surface area contributed by atoms with Crippen LogP contribution in [0.25, 0.3) is 5.69 Å². The molecule has 0 bridgehead atoms. The number of thioether (sulfide) groups is 1. The van der Waals surface area contributed by atoms with E-state index >= 15 is 0 Å². The topological polar surface area (TPSA) is 103 Å². The minimum Gasteiger partial charge on any atom is -0.320 e. The van der Waals surface area contributed by atoms with Crippen molar-refractivity contribution in [1.29, 1.82) is 0 Å². The van der Waals surface area contributed by atoms with E-state index in [9.17, 15) is 14.9 Å². The molecule has 0 atom stereocenters. The Morgan fingerprint density at radius 3 is 2.78 bits per heavy atom. The number of nitrogens with one attached hydrogen (secondary N) is 1. The Balaban J connectivity index is 1.71. The predicted molar refractivity (Wildman–Crippen MR) is 103 cm³/mol. The molecular weight excluding hydrogens is 366 g/mol. The van der Waals surface area contributed by atoms with Crippen LogP contribution in [0.5, 0.6) is 0 Å². The number of amides is 1. The Bertz CT molecular complexity index is 1000. The summed E-state index contributed by atoms with van der Waals surface area (Å²) in [6.45, 7) is 4.02. The lowest BCUT2D eigenvalue weighted by Crippen LogP contribution is -2.15. The summed E-state index contributed by atoms with van der Waals surface area (Å²) in [6, 6.07) is 12.1. The highest BCUT2D eigenvalue weighted by atomic mass is 32.2. The quantitative estimate of drug-likeness (QED) is 0.397. The van der Waals surface area contributed by atoms with Crippen LogP contribution in [0.15, 0.2) is 53.9 Å². The fraction of sp³-hybridized carbons (Fsp3) is 0.167. The molecule has 0 spiro atoms. The van der Waals surface area contributed by atoms with E-state index in [0.717, 1.165) is 16.8 Å². The molecule has 9 heteroatoms. The number of rotatable bonds is 6. The van der Waals surface area contributed by atoms with Crippen molar-refractivity contribution in [1.82, 2.24) is 14.8 Å². The first-order valence-electron chi connectivity index (χ1n) is 8.09. The predicted octanol–water partition coefficient (Wildman–Crippen LogP) is 3.52. The molecule has 8 nitrogen and oxygen atoms in total. The van der Waals surface area contributed by atoms with Gasteiger partial charge in [0.25, 0.3) is 5.69 Å². The van der Waals surface area contributed by atoms with E-state index in [1.165, 1.54) is 23.9 Å². The van der Waals surface area contributed by atoms with Crippen LogP contribution in [0.2, 0.25) is 0 Å². The molecule has 0 aliphatic heterocycles. The number of benzene rings is 2. The van der Waals surface area contributed by atoms with Crippen molar-refractivity contribution in [2.24, 2.45) is 0 Å². The summed E-state index contributed by atoms with van der Waals surface area (Å²) in [4.78, 5) is 22.7. The maximum Gasteiger partial charge on any atom is 0.292 e. The molecule has 0 unspecified atom stereocenters. The van der Waals surface area contributed by atoms with Gasteiger partial charge in [0.2, 0.25) is 5.91 Å². The van der Waals surface area contributed by atoms with Crippen LogP contribution < -0.4 is 5.32 Å². The maximum atomic E-state index is 12.2. The SMILES string of the molecule is Cc1ccc(-n2cnnc2SCC(=O)Nc2ccccc2[N+](=O)[O-])c(C)c1. The van der Waals surface area contributed by atoms with Gasteiger partial charge in [-0.25, -0.2) is 0 Å². The van der Waals surface area contributed by atoms with Crippen molar-refractivity contribution in [2.75, 3.05) is 11.1 Å². The van der Waals surface area contributed by atoms with Crippen LogP contribution in [-0.4, -0.2) is 31.3 Å². The fourth-order valence-electron chi connectivity index (χ4n) is 2.62. The molecule has 3 aromatic rings. The first-order valence-corrected chi connectivity index (χ1v) is 9.08. The van der Waals surface area contributed by atoms with Crippen LogP contribution in [0.1, 0.15) is 11.1 Å². The average molecular weight is 383 g/mol. The molecule has 27 heavy (non-hydrogen) atoms. The standard InChI is InChI=1S/C18H17N5O3S/c1-12-7-8-15(13(2)9-12)22-11-19-21-18(22)27-10-17(24)20-14-5-3-4-6-16(14)23(25)26/h3-9,11H,10H2,1-2H3,(H,20,24). The number of aromatic nitrogens is 3. The average Bonchev–Trinajstić information content (AvgIpc) is 3.08. The summed E-state index contributed by atoms with van der Waals surface area (Å²) in [5, 5.41) is 22.2.